The molecule has 142 valence electrons. The average Bonchev–Trinajstić information content (AvgIpc) is 2.54. The predicted molar refractivity (Wildman–Crippen MR) is 85.9 cm³/mol. The smallest absolute Gasteiger partial charge is 0.419 e. The maximum absolute atomic E-state index is 13.8. The molecule has 2 aromatic carbocycles. The first-order valence-electron chi connectivity index (χ1n) is 7.50. The summed E-state index contributed by atoms with van der Waals surface area (Å²) in [4.78, 5) is 0. The number of aliphatic hydroxyl groups excluding tert-OH is 1. The van der Waals surface area contributed by atoms with Crippen molar-refractivity contribution in [2.45, 2.75) is 19.3 Å². The quantitative estimate of drug-likeness (QED) is 0.542. The van der Waals surface area contributed by atoms with Gasteiger partial charge in [0.2, 0.25) is 0 Å². The Morgan fingerprint density at radius 2 is 1.77 bits per heavy atom. The number of halogens is 6. The van der Waals surface area contributed by atoms with Crippen molar-refractivity contribution in [3.8, 4) is 5.75 Å². The van der Waals surface area contributed by atoms with Gasteiger partial charge in [-0.25, -0.2) is 8.78 Å². The summed E-state index contributed by atoms with van der Waals surface area (Å²) in [6.07, 6.45) is -4.94. The molecule has 2 aromatic rings. The van der Waals surface area contributed by atoms with Crippen molar-refractivity contribution in [3.63, 3.8) is 0 Å². The van der Waals surface area contributed by atoms with Crippen molar-refractivity contribution < 1.29 is 31.8 Å². The average molecular weight is 396 g/mol. The molecule has 0 unspecified atom stereocenters. The van der Waals surface area contributed by atoms with Crippen molar-refractivity contribution >= 4 is 11.6 Å². The fourth-order valence-electron chi connectivity index (χ4n) is 2.21. The van der Waals surface area contributed by atoms with Crippen LogP contribution in [0.1, 0.15) is 16.7 Å². The first-order valence-corrected chi connectivity index (χ1v) is 7.88. The van der Waals surface area contributed by atoms with Crippen molar-refractivity contribution in [1.29, 1.82) is 0 Å². The highest BCUT2D eigenvalue weighted by Gasteiger charge is 2.35. The van der Waals surface area contributed by atoms with Crippen molar-refractivity contribution in [1.82, 2.24) is 5.32 Å². The maximum Gasteiger partial charge on any atom is 0.419 e. The van der Waals surface area contributed by atoms with E-state index in [-0.39, 0.29) is 25.0 Å². The molecule has 0 spiro atoms. The molecule has 0 amide bonds. The van der Waals surface area contributed by atoms with Gasteiger partial charge < -0.3 is 15.2 Å². The van der Waals surface area contributed by atoms with E-state index in [1.807, 2.05) is 0 Å². The highest BCUT2D eigenvalue weighted by molar-refractivity contribution is 6.30. The van der Waals surface area contributed by atoms with Gasteiger partial charge in [0.1, 0.15) is 24.0 Å². The fourth-order valence-corrected chi connectivity index (χ4v) is 2.40. The zero-order valence-corrected chi connectivity index (χ0v) is 14.1. The molecule has 0 radical (unpaired) electrons. The van der Waals surface area contributed by atoms with Gasteiger partial charge in [-0.2, -0.15) is 13.2 Å². The molecular formula is C17H15ClF5NO2. The van der Waals surface area contributed by atoms with Gasteiger partial charge in [0.15, 0.2) is 0 Å². The van der Waals surface area contributed by atoms with Crippen LogP contribution in [0.25, 0.3) is 0 Å². The molecule has 0 aliphatic rings. The first-order chi connectivity index (χ1) is 12.2. The third-order valence-electron chi connectivity index (χ3n) is 3.45. The van der Waals surface area contributed by atoms with E-state index >= 15 is 0 Å². The topological polar surface area (TPSA) is 41.5 Å². The molecule has 0 fully saturated rings. The fraction of sp³-hybridized carbons (Fsp3) is 0.294. The third-order valence-corrected chi connectivity index (χ3v) is 3.69. The third kappa shape index (κ3) is 5.30. The molecule has 2 rings (SSSR count). The number of rotatable bonds is 7. The number of hydrogen-bond donors (Lipinski definition) is 2. The normalized spacial score (nSPS) is 11.7. The zero-order valence-electron chi connectivity index (χ0n) is 13.3. The van der Waals surface area contributed by atoms with Gasteiger partial charge in [-0.1, -0.05) is 11.6 Å². The van der Waals surface area contributed by atoms with E-state index in [9.17, 15) is 22.0 Å². The minimum atomic E-state index is -4.94. The Kier molecular flexibility index (Phi) is 6.80. The summed E-state index contributed by atoms with van der Waals surface area (Å²) < 4.78 is 70.8. The lowest BCUT2D eigenvalue weighted by Crippen LogP contribution is -2.18. The lowest BCUT2D eigenvalue weighted by atomic mass is 10.1. The molecular weight excluding hydrogens is 381 g/mol. The Bertz CT molecular complexity index is 768. The monoisotopic (exact) mass is 395 g/mol. The summed E-state index contributed by atoms with van der Waals surface area (Å²) in [5.41, 5.74) is -1.41. The molecule has 0 atom stereocenters. The predicted octanol–water partition coefficient (Wildman–Crippen LogP) is 4.30. The van der Waals surface area contributed by atoms with Crippen molar-refractivity contribution in [2.24, 2.45) is 0 Å². The summed E-state index contributed by atoms with van der Waals surface area (Å²) in [6, 6.07) is 5.15. The van der Waals surface area contributed by atoms with Gasteiger partial charge in [0, 0.05) is 35.3 Å². The van der Waals surface area contributed by atoms with Crippen molar-refractivity contribution in [3.05, 3.63) is 63.7 Å². The van der Waals surface area contributed by atoms with E-state index in [0.29, 0.717) is 23.2 Å². The van der Waals surface area contributed by atoms with Crippen LogP contribution in [0.15, 0.2) is 30.3 Å². The van der Waals surface area contributed by atoms with Crippen LogP contribution in [0.5, 0.6) is 5.75 Å². The van der Waals surface area contributed by atoms with Gasteiger partial charge in [-0.05, 0) is 24.3 Å². The number of nitrogens with one attached hydrogen (secondary N) is 1. The Morgan fingerprint density at radius 1 is 1.04 bits per heavy atom. The number of aliphatic hydroxyl groups is 1. The van der Waals surface area contributed by atoms with Crippen LogP contribution in [-0.2, 0) is 19.3 Å². The van der Waals surface area contributed by atoms with E-state index in [1.165, 1.54) is 12.1 Å². The molecule has 26 heavy (non-hydrogen) atoms. The molecule has 9 heteroatoms. The van der Waals surface area contributed by atoms with Crippen LogP contribution in [0.3, 0.4) is 0 Å². The van der Waals surface area contributed by atoms with Crippen LogP contribution >= 0.6 is 11.6 Å². The van der Waals surface area contributed by atoms with Crippen LogP contribution in [-0.4, -0.2) is 18.3 Å². The second-order valence-corrected chi connectivity index (χ2v) is 5.80. The van der Waals surface area contributed by atoms with Crippen LogP contribution < -0.4 is 10.1 Å². The Labute approximate surface area is 151 Å². The van der Waals surface area contributed by atoms with Crippen LogP contribution in [0.4, 0.5) is 22.0 Å². The zero-order chi connectivity index (χ0) is 19.3. The highest BCUT2D eigenvalue weighted by atomic mass is 35.5. The molecule has 3 nitrogen and oxygen atoms in total. The molecule has 0 aliphatic carbocycles. The SMILES string of the molecule is OCCNCc1cc(Cl)ccc1OCc1cc(C(F)(F)F)c(F)cc1F. The summed E-state index contributed by atoms with van der Waals surface area (Å²) >= 11 is 5.90. The highest BCUT2D eigenvalue weighted by Crippen LogP contribution is 2.33. The maximum atomic E-state index is 13.8. The standard InChI is InChI=1S/C17H15ClF5NO2/c18-12-1-2-16(10(5-12)8-24-3-4-25)26-9-11-6-13(17(21,22)23)15(20)7-14(11)19/h1-2,5-7,24-25H,3-4,8-9H2. The molecule has 0 heterocycles. The van der Waals surface area contributed by atoms with E-state index in [0.717, 1.165) is 0 Å². The van der Waals surface area contributed by atoms with Crippen LogP contribution in [0, 0.1) is 11.6 Å². The van der Waals surface area contributed by atoms with E-state index in [2.05, 4.69) is 5.32 Å². The van der Waals surface area contributed by atoms with Crippen molar-refractivity contribution in [2.75, 3.05) is 13.2 Å². The Morgan fingerprint density at radius 3 is 2.42 bits per heavy atom. The van der Waals surface area contributed by atoms with E-state index in [1.54, 1.807) is 6.07 Å². The summed E-state index contributed by atoms with van der Waals surface area (Å²) in [5, 5.41) is 12.1. The van der Waals surface area contributed by atoms with Gasteiger partial charge in [-0.15, -0.1) is 0 Å². The number of ether oxygens (including phenoxy) is 1. The summed E-state index contributed by atoms with van der Waals surface area (Å²) in [6.45, 7) is -0.0226. The van der Waals surface area contributed by atoms with E-state index in [4.69, 9.17) is 21.4 Å². The van der Waals surface area contributed by atoms with Gasteiger partial charge in [0.25, 0.3) is 0 Å². The van der Waals surface area contributed by atoms with Gasteiger partial charge in [-0.3, -0.25) is 0 Å². The largest absolute Gasteiger partial charge is 0.488 e. The lowest BCUT2D eigenvalue weighted by Gasteiger charge is -2.15. The molecule has 0 saturated heterocycles. The molecule has 0 aliphatic heterocycles. The molecule has 0 aromatic heterocycles. The number of hydrogen-bond acceptors (Lipinski definition) is 3. The molecule has 2 N–H and O–H groups in total. The summed E-state index contributed by atoms with van der Waals surface area (Å²) in [7, 11) is 0. The van der Waals surface area contributed by atoms with E-state index < -0.39 is 35.5 Å². The second kappa shape index (κ2) is 8.66. The lowest BCUT2D eigenvalue weighted by molar-refractivity contribution is -0.140. The first kappa shape index (κ1) is 20.4. The minimum Gasteiger partial charge on any atom is -0.488 e. The van der Waals surface area contributed by atoms with Crippen LogP contribution in [0.2, 0.25) is 5.02 Å². The number of benzene rings is 2. The second-order valence-electron chi connectivity index (χ2n) is 5.36. The number of alkyl halides is 3. The van der Waals surface area contributed by atoms with Gasteiger partial charge >= 0.3 is 6.18 Å². The minimum absolute atomic E-state index is 0.0855. The molecule has 0 saturated carbocycles. The van der Waals surface area contributed by atoms with Gasteiger partial charge in [0.05, 0.1) is 12.2 Å². The summed E-state index contributed by atoms with van der Waals surface area (Å²) in [5.74, 6) is -2.54. The molecule has 0 bridgehead atoms. The Balaban J connectivity index is 2.21. The Hall–Kier alpha value is -1.90.